The van der Waals surface area contributed by atoms with Gasteiger partial charge in [0.1, 0.15) is 5.00 Å². The first-order chi connectivity index (χ1) is 10.1. The van der Waals surface area contributed by atoms with Crippen molar-refractivity contribution in [1.29, 1.82) is 0 Å². The highest BCUT2D eigenvalue weighted by molar-refractivity contribution is 7.14. The molecule has 2 aliphatic rings. The van der Waals surface area contributed by atoms with Gasteiger partial charge in [-0.3, -0.25) is 10.1 Å². The van der Waals surface area contributed by atoms with Gasteiger partial charge in [0.05, 0.1) is 17.5 Å². The Labute approximate surface area is 124 Å². The Hall–Kier alpha value is -2.09. The number of carboxylic acid groups (broad SMARTS) is 1. The second-order valence-electron chi connectivity index (χ2n) is 5.15. The largest absolute Gasteiger partial charge is 0.478 e. The van der Waals surface area contributed by atoms with Crippen LogP contribution < -0.4 is 10.6 Å². The molecule has 0 bridgehead atoms. The molecule has 3 N–H and O–H groups in total. The zero-order valence-corrected chi connectivity index (χ0v) is 12.0. The standard InChI is InChI=1S/C13H15N3O4S/c17-10-7-2-1-4-16(9(7)6-14-10)13(20)15-11-8(12(18)19)3-5-21-11/h3,5,7,9H,1-2,4,6H2,(H,14,17)(H,15,20)(H,18,19). The van der Waals surface area contributed by atoms with Gasteiger partial charge in [0.15, 0.2) is 0 Å². The number of hydrogen-bond donors (Lipinski definition) is 3. The Kier molecular flexibility index (Phi) is 3.54. The Morgan fingerprint density at radius 1 is 1.48 bits per heavy atom. The van der Waals surface area contributed by atoms with Crippen LogP contribution in [-0.4, -0.2) is 47.0 Å². The van der Waals surface area contributed by atoms with Gasteiger partial charge in [-0.2, -0.15) is 0 Å². The fourth-order valence-electron chi connectivity index (χ4n) is 2.95. The predicted octanol–water partition coefficient (Wildman–Crippen LogP) is 1.19. The van der Waals surface area contributed by atoms with Gasteiger partial charge >= 0.3 is 12.0 Å². The summed E-state index contributed by atoms with van der Waals surface area (Å²) in [5, 5.41) is 16.4. The van der Waals surface area contributed by atoms with Gasteiger partial charge in [-0.25, -0.2) is 9.59 Å². The summed E-state index contributed by atoms with van der Waals surface area (Å²) in [6.07, 6.45) is 1.57. The molecule has 0 radical (unpaired) electrons. The number of carbonyl (C=O) groups excluding carboxylic acids is 2. The first kappa shape index (κ1) is 13.9. The molecular weight excluding hydrogens is 294 g/mol. The molecule has 21 heavy (non-hydrogen) atoms. The van der Waals surface area contributed by atoms with Crippen molar-refractivity contribution in [3.8, 4) is 0 Å². The number of fused-ring (bicyclic) bond motifs is 1. The molecule has 8 heteroatoms. The first-order valence-electron chi connectivity index (χ1n) is 6.74. The smallest absolute Gasteiger partial charge is 0.338 e. The van der Waals surface area contributed by atoms with Crippen molar-refractivity contribution in [3.05, 3.63) is 17.0 Å². The minimum atomic E-state index is -1.07. The molecule has 1 aromatic heterocycles. The zero-order valence-electron chi connectivity index (χ0n) is 11.2. The maximum Gasteiger partial charge on any atom is 0.338 e. The van der Waals surface area contributed by atoms with Gasteiger partial charge in [-0.1, -0.05) is 0 Å². The molecule has 0 saturated carbocycles. The van der Waals surface area contributed by atoms with E-state index >= 15 is 0 Å². The number of likely N-dealkylation sites (tertiary alicyclic amines) is 1. The second kappa shape index (κ2) is 5.36. The number of piperidine rings is 1. The van der Waals surface area contributed by atoms with Gasteiger partial charge in [-0.15, -0.1) is 11.3 Å². The third-order valence-electron chi connectivity index (χ3n) is 3.98. The van der Waals surface area contributed by atoms with Crippen LogP contribution >= 0.6 is 11.3 Å². The fourth-order valence-corrected chi connectivity index (χ4v) is 3.72. The summed E-state index contributed by atoms with van der Waals surface area (Å²) in [5.41, 5.74) is 0.0857. The summed E-state index contributed by atoms with van der Waals surface area (Å²) in [4.78, 5) is 36.8. The van der Waals surface area contributed by atoms with Crippen LogP contribution in [0.3, 0.4) is 0 Å². The average molecular weight is 309 g/mol. The maximum absolute atomic E-state index is 12.4. The summed E-state index contributed by atoms with van der Waals surface area (Å²) < 4.78 is 0. The van der Waals surface area contributed by atoms with Gasteiger partial charge < -0.3 is 15.3 Å². The topological polar surface area (TPSA) is 98.7 Å². The molecule has 2 saturated heterocycles. The van der Waals surface area contributed by atoms with Crippen LogP contribution in [0.5, 0.6) is 0 Å². The number of nitrogens with one attached hydrogen (secondary N) is 2. The van der Waals surface area contributed by atoms with E-state index in [4.69, 9.17) is 5.11 Å². The van der Waals surface area contributed by atoms with E-state index in [1.54, 1.807) is 10.3 Å². The van der Waals surface area contributed by atoms with E-state index in [2.05, 4.69) is 10.6 Å². The fraction of sp³-hybridized carbons (Fsp3) is 0.462. The van der Waals surface area contributed by atoms with Crippen molar-refractivity contribution in [1.82, 2.24) is 10.2 Å². The first-order valence-corrected chi connectivity index (χ1v) is 7.62. The SMILES string of the molecule is O=C(O)c1ccsc1NC(=O)N1CCCC2C(=O)NCC21. The quantitative estimate of drug-likeness (QED) is 0.764. The Morgan fingerprint density at radius 2 is 2.29 bits per heavy atom. The third kappa shape index (κ3) is 2.46. The Bertz CT molecular complexity index is 600. The minimum Gasteiger partial charge on any atom is -0.478 e. The van der Waals surface area contributed by atoms with E-state index in [0.717, 1.165) is 12.8 Å². The van der Waals surface area contributed by atoms with E-state index < -0.39 is 5.97 Å². The van der Waals surface area contributed by atoms with Crippen LogP contribution in [0.15, 0.2) is 11.4 Å². The number of urea groups is 1. The predicted molar refractivity (Wildman–Crippen MR) is 76.5 cm³/mol. The summed E-state index contributed by atoms with van der Waals surface area (Å²) in [5.74, 6) is -1.22. The monoisotopic (exact) mass is 309 g/mol. The number of hydrogen-bond acceptors (Lipinski definition) is 4. The lowest BCUT2D eigenvalue weighted by Crippen LogP contribution is -2.50. The van der Waals surface area contributed by atoms with Crippen LogP contribution in [0, 0.1) is 5.92 Å². The van der Waals surface area contributed by atoms with Crippen molar-refractivity contribution in [3.63, 3.8) is 0 Å². The van der Waals surface area contributed by atoms with E-state index in [1.807, 2.05) is 0 Å². The molecule has 2 atom stereocenters. The zero-order chi connectivity index (χ0) is 15.0. The molecule has 3 amide bonds. The van der Waals surface area contributed by atoms with E-state index in [0.29, 0.717) is 18.1 Å². The van der Waals surface area contributed by atoms with E-state index in [-0.39, 0.29) is 29.5 Å². The molecule has 3 rings (SSSR count). The Morgan fingerprint density at radius 3 is 3.05 bits per heavy atom. The maximum atomic E-state index is 12.4. The minimum absolute atomic E-state index is 0.000140. The number of aromatic carboxylic acids is 1. The van der Waals surface area contributed by atoms with Crippen LogP contribution in [0.4, 0.5) is 9.80 Å². The highest BCUT2D eigenvalue weighted by Gasteiger charge is 2.42. The highest BCUT2D eigenvalue weighted by atomic mass is 32.1. The van der Waals surface area contributed by atoms with Crippen LogP contribution in [0.25, 0.3) is 0 Å². The molecule has 2 fully saturated rings. The van der Waals surface area contributed by atoms with Crippen LogP contribution in [0.1, 0.15) is 23.2 Å². The summed E-state index contributed by atoms with van der Waals surface area (Å²) in [6.45, 7) is 1.04. The number of amides is 3. The summed E-state index contributed by atoms with van der Waals surface area (Å²) >= 11 is 1.17. The number of anilines is 1. The van der Waals surface area contributed by atoms with Crippen molar-refractivity contribution < 1.29 is 19.5 Å². The third-order valence-corrected chi connectivity index (χ3v) is 4.81. The number of carbonyl (C=O) groups is 3. The van der Waals surface area contributed by atoms with Crippen LogP contribution in [0.2, 0.25) is 0 Å². The van der Waals surface area contributed by atoms with Crippen molar-refractivity contribution >= 4 is 34.2 Å². The molecule has 0 aliphatic carbocycles. The molecule has 2 unspecified atom stereocenters. The lowest BCUT2D eigenvalue weighted by Gasteiger charge is -2.35. The van der Waals surface area contributed by atoms with E-state index in [9.17, 15) is 14.4 Å². The van der Waals surface area contributed by atoms with Gasteiger partial charge in [0.2, 0.25) is 5.91 Å². The van der Waals surface area contributed by atoms with Crippen molar-refractivity contribution in [2.24, 2.45) is 5.92 Å². The van der Waals surface area contributed by atoms with Gasteiger partial charge in [0.25, 0.3) is 0 Å². The highest BCUT2D eigenvalue weighted by Crippen LogP contribution is 2.29. The molecule has 112 valence electrons. The number of carboxylic acids is 1. The summed E-state index contributed by atoms with van der Waals surface area (Å²) in [7, 11) is 0. The van der Waals surface area contributed by atoms with Crippen LogP contribution in [-0.2, 0) is 4.79 Å². The average Bonchev–Trinajstić information content (AvgIpc) is 3.06. The number of nitrogens with zero attached hydrogens (tertiary/aromatic N) is 1. The summed E-state index contributed by atoms with van der Waals surface area (Å²) in [6, 6.07) is 0.980. The lowest BCUT2D eigenvalue weighted by atomic mass is 9.92. The second-order valence-corrected chi connectivity index (χ2v) is 6.07. The number of thiophene rings is 1. The number of rotatable bonds is 2. The molecular formula is C13H15N3O4S. The molecule has 1 aromatic rings. The normalized spacial score (nSPS) is 24.4. The van der Waals surface area contributed by atoms with Gasteiger partial charge in [-0.05, 0) is 24.3 Å². The van der Waals surface area contributed by atoms with Gasteiger partial charge in [0, 0.05) is 13.1 Å². The molecule has 2 aliphatic heterocycles. The van der Waals surface area contributed by atoms with Crippen molar-refractivity contribution in [2.75, 3.05) is 18.4 Å². The molecule has 3 heterocycles. The lowest BCUT2D eigenvalue weighted by molar-refractivity contribution is -0.123. The van der Waals surface area contributed by atoms with Crippen molar-refractivity contribution in [2.45, 2.75) is 18.9 Å². The van der Waals surface area contributed by atoms with E-state index in [1.165, 1.54) is 17.4 Å². The molecule has 0 aromatic carbocycles. The Balaban J connectivity index is 1.74. The molecule has 7 nitrogen and oxygen atoms in total. The molecule has 0 spiro atoms.